The number of carbonyl (C=O) groups is 1. The van der Waals surface area contributed by atoms with Gasteiger partial charge in [0.05, 0.1) is 18.3 Å². The zero-order valence-electron chi connectivity index (χ0n) is 8.91. The quantitative estimate of drug-likeness (QED) is 0.513. The van der Waals surface area contributed by atoms with Crippen LogP contribution in [0.15, 0.2) is 12.2 Å². The zero-order valence-corrected chi connectivity index (χ0v) is 8.91. The van der Waals surface area contributed by atoms with E-state index in [1.165, 1.54) is 0 Å². The second-order valence-electron chi connectivity index (χ2n) is 3.75. The van der Waals surface area contributed by atoms with Crippen molar-refractivity contribution in [3.05, 3.63) is 12.2 Å². The minimum Gasteiger partial charge on any atom is -0.463 e. The number of hydrogen-bond acceptors (Lipinski definition) is 3. The summed E-state index contributed by atoms with van der Waals surface area (Å²) in [5.41, 5.74) is 0.457. The average molecular weight is 198 g/mol. The van der Waals surface area contributed by atoms with E-state index in [0.717, 1.165) is 12.8 Å². The van der Waals surface area contributed by atoms with Gasteiger partial charge in [0.1, 0.15) is 0 Å². The Labute approximate surface area is 85.1 Å². The first-order chi connectivity index (χ1) is 6.65. The lowest BCUT2D eigenvalue weighted by Crippen LogP contribution is -2.29. The van der Waals surface area contributed by atoms with Crippen LogP contribution in [0.2, 0.25) is 0 Å². The lowest BCUT2D eigenvalue weighted by molar-refractivity contribution is -0.140. The SMILES string of the molecule is C=C(C(=O)OCC)[C@H]1CC[C@H](C)CO1. The lowest BCUT2D eigenvalue weighted by atomic mass is 9.97. The van der Waals surface area contributed by atoms with Gasteiger partial charge in [-0.05, 0) is 25.7 Å². The molecule has 3 heteroatoms. The Morgan fingerprint density at radius 1 is 1.57 bits per heavy atom. The van der Waals surface area contributed by atoms with Gasteiger partial charge in [0.15, 0.2) is 0 Å². The van der Waals surface area contributed by atoms with Crippen LogP contribution < -0.4 is 0 Å². The van der Waals surface area contributed by atoms with Crippen molar-refractivity contribution < 1.29 is 14.3 Å². The standard InChI is InChI=1S/C11H18O3/c1-4-13-11(12)9(3)10-6-5-8(2)7-14-10/h8,10H,3-7H2,1-2H3/t8-,10+/m0/s1. The highest BCUT2D eigenvalue weighted by molar-refractivity contribution is 5.88. The molecule has 1 aliphatic rings. The maximum atomic E-state index is 11.3. The minimum atomic E-state index is -0.327. The van der Waals surface area contributed by atoms with Crippen molar-refractivity contribution in [1.29, 1.82) is 0 Å². The highest BCUT2D eigenvalue weighted by Crippen LogP contribution is 2.23. The molecule has 0 aromatic carbocycles. The van der Waals surface area contributed by atoms with Crippen molar-refractivity contribution >= 4 is 5.97 Å². The summed E-state index contributed by atoms with van der Waals surface area (Å²) in [6.07, 6.45) is 1.83. The second-order valence-corrected chi connectivity index (χ2v) is 3.75. The van der Waals surface area contributed by atoms with Crippen LogP contribution in [0.25, 0.3) is 0 Å². The van der Waals surface area contributed by atoms with Crippen LogP contribution in [0, 0.1) is 5.92 Å². The maximum absolute atomic E-state index is 11.3. The molecule has 3 nitrogen and oxygen atoms in total. The molecule has 2 atom stereocenters. The van der Waals surface area contributed by atoms with Gasteiger partial charge in [0, 0.05) is 6.61 Å². The predicted molar refractivity (Wildman–Crippen MR) is 53.9 cm³/mol. The van der Waals surface area contributed by atoms with Crippen LogP contribution in [0.5, 0.6) is 0 Å². The van der Waals surface area contributed by atoms with E-state index in [9.17, 15) is 4.79 Å². The van der Waals surface area contributed by atoms with Crippen molar-refractivity contribution in [3.63, 3.8) is 0 Å². The lowest BCUT2D eigenvalue weighted by Gasteiger charge is -2.27. The average Bonchev–Trinajstić information content (AvgIpc) is 2.18. The first kappa shape index (κ1) is 11.2. The molecule has 1 heterocycles. The number of rotatable bonds is 3. The summed E-state index contributed by atoms with van der Waals surface area (Å²) in [6.45, 7) is 8.75. The van der Waals surface area contributed by atoms with E-state index in [1.807, 2.05) is 0 Å². The third kappa shape index (κ3) is 2.84. The van der Waals surface area contributed by atoms with E-state index >= 15 is 0 Å². The van der Waals surface area contributed by atoms with E-state index < -0.39 is 0 Å². The largest absolute Gasteiger partial charge is 0.463 e. The van der Waals surface area contributed by atoms with E-state index in [0.29, 0.717) is 24.7 Å². The molecular formula is C11H18O3. The van der Waals surface area contributed by atoms with Gasteiger partial charge in [-0.2, -0.15) is 0 Å². The van der Waals surface area contributed by atoms with Gasteiger partial charge >= 0.3 is 5.97 Å². The second kappa shape index (κ2) is 5.15. The third-order valence-electron chi connectivity index (χ3n) is 2.43. The van der Waals surface area contributed by atoms with Crippen LogP contribution in [0.3, 0.4) is 0 Å². The predicted octanol–water partition coefficient (Wildman–Crippen LogP) is 1.92. The molecule has 0 spiro atoms. The molecule has 1 aliphatic heterocycles. The fraction of sp³-hybridized carbons (Fsp3) is 0.727. The summed E-state index contributed by atoms with van der Waals surface area (Å²) in [5, 5.41) is 0. The molecule has 14 heavy (non-hydrogen) atoms. The Bertz CT molecular complexity index is 215. The highest BCUT2D eigenvalue weighted by Gasteiger charge is 2.25. The molecular weight excluding hydrogens is 180 g/mol. The molecule has 0 N–H and O–H groups in total. The fourth-order valence-electron chi connectivity index (χ4n) is 1.51. The highest BCUT2D eigenvalue weighted by atomic mass is 16.5. The Balaban J connectivity index is 2.41. The van der Waals surface area contributed by atoms with Gasteiger partial charge in [-0.15, -0.1) is 0 Å². The summed E-state index contributed by atoms with van der Waals surface area (Å²) < 4.78 is 10.4. The molecule has 1 saturated heterocycles. The third-order valence-corrected chi connectivity index (χ3v) is 2.43. The van der Waals surface area contributed by atoms with Gasteiger partial charge in [-0.1, -0.05) is 13.5 Å². The summed E-state index contributed by atoms with van der Waals surface area (Å²) in [6, 6.07) is 0. The summed E-state index contributed by atoms with van der Waals surface area (Å²) in [7, 11) is 0. The molecule has 1 rings (SSSR count). The van der Waals surface area contributed by atoms with E-state index in [-0.39, 0.29) is 12.1 Å². The molecule has 0 unspecified atom stereocenters. The zero-order chi connectivity index (χ0) is 10.6. The molecule has 0 radical (unpaired) electrons. The van der Waals surface area contributed by atoms with Gasteiger partial charge in [0.2, 0.25) is 0 Å². The normalized spacial score (nSPS) is 27.0. The van der Waals surface area contributed by atoms with Gasteiger partial charge in [-0.3, -0.25) is 0 Å². The van der Waals surface area contributed by atoms with Crippen molar-refractivity contribution in [3.8, 4) is 0 Å². The Morgan fingerprint density at radius 2 is 2.29 bits per heavy atom. The van der Waals surface area contributed by atoms with E-state index in [1.54, 1.807) is 6.92 Å². The Morgan fingerprint density at radius 3 is 2.79 bits per heavy atom. The van der Waals surface area contributed by atoms with Gasteiger partial charge in [-0.25, -0.2) is 4.79 Å². The number of ether oxygens (including phenoxy) is 2. The van der Waals surface area contributed by atoms with Crippen molar-refractivity contribution in [2.45, 2.75) is 32.8 Å². The van der Waals surface area contributed by atoms with Crippen LogP contribution in [-0.4, -0.2) is 25.3 Å². The minimum absolute atomic E-state index is 0.134. The summed E-state index contributed by atoms with van der Waals surface area (Å²) >= 11 is 0. The smallest absolute Gasteiger partial charge is 0.336 e. The monoisotopic (exact) mass is 198 g/mol. The molecule has 0 bridgehead atoms. The molecule has 0 aliphatic carbocycles. The number of esters is 1. The van der Waals surface area contributed by atoms with Crippen LogP contribution in [0.4, 0.5) is 0 Å². The van der Waals surface area contributed by atoms with Gasteiger partial charge in [0.25, 0.3) is 0 Å². The molecule has 0 amide bonds. The van der Waals surface area contributed by atoms with Crippen molar-refractivity contribution in [2.24, 2.45) is 5.92 Å². The van der Waals surface area contributed by atoms with Crippen LogP contribution in [-0.2, 0) is 14.3 Å². The molecule has 1 fully saturated rings. The number of hydrogen-bond donors (Lipinski definition) is 0. The van der Waals surface area contributed by atoms with Crippen LogP contribution in [0.1, 0.15) is 26.7 Å². The summed E-state index contributed by atoms with van der Waals surface area (Å²) in [5.74, 6) is 0.258. The molecule has 0 saturated carbocycles. The van der Waals surface area contributed by atoms with Crippen molar-refractivity contribution in [2.75, 3.05) is 13.2 Å². The Kier molecular flexibility index (Phi) is 4.14. The molecule has 0 aromatic rings. The van der Waals surface area contributed by atoms with Gasteiger partial charge < -0.3 is 9.47 Å². The Hall–Kier alpha value is -0.830. The first-order valence-corrected chi connectivity index (χ1v) is 5.12. The van der Waals surface area contributed by atoms with Crippen molar-refractivity contribution in [1.82, 2.24) is 0 Å². The fourth-order valence-corrected chi connectivity index (χ4v) is 1.51. The topological polar surface area (TPSA) is 35.5 Å². The molecule has 80 valence electrons. The van der Waals surface area contributed by atoms with Crippen LogP contribution >= 0.6 is 0 Å². The van der Waals surface area contributed by atoms with E-state index in [4.69, 9.17) is 9.47 Å². The van der Waals surface area contributed by atoms with E-state index in [2.05, 4.69) is 13.5 Å². The number of carbonyl (C=O) groups excluding carboxylic acids is 1. The maximum Gasteiger partial charge on any atom is 0.336 e. The first-order valence-electron chi connectivity index (χ1n) is 5.12. The summed E-state index contributed by atoms with van der Waals surface area (Å²) in [4.78, 5) is 11.3. The molecule has 0 aromatic heterocycles.